The van der Waals surface area contributed by atoms with Crippen LogP contribution in [0.5, 0.6) is 0 Å². The maximum atomic E-state index is 12.2. The lowest BCUT2D eigenvalue weighted by Crippen LogP contribution is -2.31. The van der Waals surface area contributed by atoms with E-state index in [2.05, 4.69) is 0 Å². The van der Waals surface area contributed by atoms with Gasteiger partial charge in [-0.15, -0.1) is 0 Å². The fourth-order valence-corrected chi connectivity index (χ4v) is 2.61. The van der Waals surface area contributed by atoms with E-state index in [4.69, 9.17) is 0 Å². The van der Waals surface area contributed by atoms with Gasteiger partial charge >= 0.3 is 0 Å². The van der Waals surface area contributed by atoms with Crippen LogP contribution < -0.4 is 5.43 Å². The van der Waals surface area contributed by atoms with Crippen LogP contribution in [0.1, 0.15) is 12.8 Å². The molecule has 0 bridgehead atoms. The van der Waals surface area contributed by atoms with E-state index in [-0.39, 0.29) is 11.3 Å². The first-order valence-corrected chi connectivity index (χ1v) is 6.62. The monoisotopic (exact) mass is 256 g/mol. The predicted octanol–water partition coefficient (Wildman–Crippen LogP) is 1.62. The topological polar surface area (TPSA) is 42.3 Å². The number of amides is 1. The molecule has 1 aliphatic heterocycles. The zero-order valence-electron chi connectivity index (χ0n) is 10.7. The normalized spacial score (nSPS) is 15.1. The second-order valence-electron chi connectivity index (χ2n) is 4.91. The molecule has 1 aromatic heterocycles. The van der Waals surface area contributed by atoms with Crippen molar-refractivity contribution in [2.24, 2.45) is 0 Å². The van der Waals surface area contributed by atoms with Crippen molar-refractivity contribution >= 4 is 16.8 Å². The second kappa shape index (κ2) is 4.88. The van der Waals surface area contributed by atoms with Crippen LogP contribution >= 0.6 is 0 Å². The smallest absolute Gasteiger partial charge is 0.242 e. The van der Waals surface area contributed by atoms with Crippen molar-refractivity contribution in [3.63, 3.8) is 0 Å². The average molecular weight is 256 g/mol. The van der Waals surface area contributed by atoms with Gasteiger partial charge < -0.3 is 9.47 Å². The zero-order chi connectivity index (χ0) is 13.2. The van der Waals surface area contributed by atoms with Crippen LogP contribution in [0.25, 0.3) is 10.9 Å². The molecule has 0 radical (unpaired) electrons. The highest BCUT2D eigenvalue weighted by Gasteiger charge is 2.18. The van der Waals surface area contributed by atoms with Gasteiger partial charge in [-0.05, 0) is 25.0 Å². The van der Waals surface area contributed by atoms with Gasteiger partial charge in [0.25, 0.3) is 0 Å². The zero-order valence-corrected chi connectivity index (χ0v) is 10.7. The molecule has 3 rings (SSSR count). The molecule has 0 spiro atoms. The highest BCUT2D eigenvalue weighted by molar-refractivity contribution is 5.82. The summed E-state index contributed by atoms with van der Waals surface area (Å²) < 4.78 is 1.86. The Balaban J connectivity index is 1.95. The molecule has 0 atom stereocenters. The summed E-state index contributed by atoms with van der Waals surface area (Å²) in [5.41, 5.74) is 0.822. The van der Waals surface area contributed by atoms with Gasteiger partial charge in [-0.2, -0.15) is 0 Å². The van der Waals surface area contributed by atoms with Crippen LogP contribution in [0.3, 0.4) is 0 Å². The van der Waals surface area contributed by atoms with Gasteiger partial charge in [0.1, 0.15) is 6.54 Å². The maximum absolute atomic E-state index is 12.2. The van der Waals surface area contributed by atoms with Gasteiger partial charge in [-0.3, -0.25) is 9.59 Å². The molecule has 0 aliphatic carbocycles. The third-order valence-corrected chi connectivity index (χ3v) is 3.65. The molecule has 1 fully saturated rings. The number of carbonyl (C=O) groups excluding carboxylic acids is 1. The van der Waals surface area contributed by atoms with Crippen LogP contribution in [-0.2, 0) is 11.3 Å². The molecule has 19 heavy (non-hydrogen) atoms. The first-order chi connectivity index (χ1) is 9.25. The van der Waals surface area contributed by atoms with Crippen molar-refractivity contribution in [1.82, 2.24) is 9.47 Å². The van der Waals surface area contributed by atoms with Crippen LogP contribution in [0, 0.1) is 0 Å². The van der Waals surface area contributed by atoms with Crippen molar-refractivity contribution in [3.05, 3.63) is 46.8 Å². The molecule has 4 nitrogen and oxygen atoms in total. The lowest BCUT2D eigenvalue weighted by atomic mass is 10.2. The van der Waals surface area contributed by atoms with Crippen LogP contribution in [0.15, 0.2) is 41.3 Å². The number of likely N-dealkylation sites (tertiary alicyclic amines) is 1. The van der Waals surface area contributed by atoms with Gasteiger partial charge in [0.05, 0.1) is 5.52 Å². The third kappa shape index (κ3) is 2.26. The highest BCUT2D eigenvalue weighted by atomic mass is 16.2. The minimum atomic E-state index is 0.000437. The van der Waals surface area contributed by atoms with Crippen LogP contribution in [0.2, 0.25) is 0 Å². The van der Waals surface area contributed by atoms with E-state index in [9.17, 15) is 9.59 Å². The summed E-state index contributed by atoms with van der Waals surface area (Å²) in [6, 6.07) is 8.94. The minimum Gasteiger partial charge on any atom is -0.341 e. The number of rotatable bonds is 2. The number of hydrogen-bond acceptors (Lipinski definition) is 2. The molecule has 1 saturated heterocycles. The Morgan fingerprint density at radius 1 is 1.11 bits per heavy atom. The SMILES string of the molecule is O=C(Cn1ccc(=O)c2ccccc21)N1CCCC1. The summed E-state index contributed by atoms with van der Waals surface area (Å²) in [6.45, 7) is 2.02. The van der Waals surface area contributed by atoms with E-state index < -0.39 is 0 Å². The lowest BCUT2D eigenvalue weighted by Gasteiger charge is -2.17. The average Bonchev–Trinajstić information content (AvgIpc) is 2.96. The van der Waals surface area contributed by atoms with Gasteiger partial charge in [0.15, 0.2) is 5.43 Å². The van der Waals surface area contributed by atoms with E-state index >= 15 is 0 Å². The summed E-state index contributed by atoms with van der Waals surface area (Å²) in [6.07, 6.45) is 3.89. The van der Waals surface area contributed by atoms with Crippen molar-refractivity contribution in [2.45, 2.75) is 19.4 Å². The lowest BCUT2D eigenvalue weighted by molar-refractivity contribution is -0.130. The highest BCUT2D eigenvalue weighted by Crippen LogP contribution is 2.12. The number of aromatic nitrogens is 1. The summed E-state index contributed by atoms with van der Waals surface area (Å²) in [4.78, 5) is 25.8. The van der Waals surface area contributed by atoms with E-state index in [1.807, 2.05) is 27.7 Å². The number of para-hydroxylation sites is 1. The van der Waals surface area contributed by atoms with Crippen molar-refractivity contribution < 1.29 is 4.79 Å². The van der Waals surface area contributed by atoms with E-state index in [0.29, 0.717) is 11.9 Å². The van der Waals surface area contributed by atoms with Gasteiger partial charge in [0.2, 0.25) is 5.91 Å². The number of nitrogens with zero attached hydrogens (tertiary/aromatic N) is 2. The largest absolute Gasteiger partial charge is 0.341 e. The minimum absolute atomic E-state index is 0.000437. The first kappa shape index (κ1) is 12.0. The summed E-state index contributed by atoms with van der Waals surface area (Å²) in [5.74, 6) is 0.131. The van der Waals surface area contributed by atoms with E-state index in [1.165, 1.54) is 6.07 Å². The second-order valence-corrected chi connectivity index (χ2v) is 4.91. The molecule has 1 aliphatic rings. The Morgan fingerprint density at radius 3 is 2.63 bits per heavy atom. The van der Waals surface area contributed by atoms with E-state index in [0.717, 1.165) is 31.4 Å². The van der Waals surface area contributed by atoms with Gasteiger partial charge in [-0.1, -0.05) is 12.1 Å². The first-order valence-electron chi connectivity index (χ1n) is 6.62. The van der Waals surface area contributed by atoms with Crippen LogP contribution in [-0.4, -0.2) is 28.5 Å². The quantitative estimate of drug-likeness (QED) is 0.819. The Kier molecular flexibility index (Phi) is 3.07. The Morgan fingerprint density at radius 2 is 1.84 bits per heavy atom. The Labute approximate surface area is 111 Å². The number of pyridine rings is 1. The van der Waals surface area contributed by atoms with E-state index in [1.54, 1.807) is 12.3 Å². The standard InChI is InChI=1S/C15H16N2O2/c18-14-7-10-17(13-6-2-1-5-12(13)14)11-15(19)16-8-3-4-9-16/h1-2,5-7,10H,3-4,8-9,11H2. The molecule has 0 unspecified atom stereocenters. The Bertz CT molecular complexity index is 669. The number of benzene rings is 1. The van der Waals surface area contributed by atoms with Crippen molar-refractivity contribution in [3.8, 4) is 0 Å². The molecule has 1 aromatic carbocycles. The van der Waals surface area contributed by atoms with Gasteiger partial charge in [0, 0.05) is 30.7 Å². The summed E-state index contributed by atoms with van der Waals surface area (Å²) in [7, 11) is 0. The summed E-state index contributed by atoms with van der Waals surface area (Å²) >= 11 is 0. The molecule has 2 heterocycles. The number of hydrogen-bond donors (Lipinski definition) is 0. The molecule has 0 N–H and O–H groups in total. The molecule has 2 aromatic rings. The van der Waals surface area contributed by atoms with Crippen LogP contribution in [0.4, 0.5) is 0 Å². The molecular formula is C15H16N2O2. The fourth-order valence-electron chi connectivity index (χ4n) is 2.61. The van der Waals surface area contributed by atoms with Crippen molar-refractivity contribution in [2.75, 3.05) is 13.1 Å². The predicted molar refractivity (Wildman–Crippen MR) is 74.0 cm³/mol. The molecule has 98 valence electrons. The molecule has 4 heteroatoms. The number of fused-ring (bicyclic) bond motifs is 1. The summed E-state index contributed by atoms with van der Waals surface area (Å²) in [5, 5.41) is 0.666. The Hall–Kier alpha value is -2.10. The molecule has 1 amide bonds. The number of carbonyl (C=O) groups is 1. The van der Waals surface area contributed by atoms with Gasteiger partial charge in [-0.25, -0.2) is 0 Å². The fraction of sp³-hybridized carbons (Fsp3) is 0.333. The van der Waals surface area contributed by atoms with Crippen molar-refractivity contribution in [1.29, 1.82) is 0 Å². The third-order valence-electron chi connectivity index (χ3n) is 3.65. The molecular weight excluding hydrogens is 240 g/mol. The maximum Gasteiger partial charge on any atom is 0.242 e. The molecule has 0 saturated carbocycles.